The van der Waals surface area contributed by atoms with E-state index < -0.39 is 0 Å². The molecular formula is C16H16Br2S2. The van der Waals surface area contributed by atoms with Crippen LogP contribution < -0.4 is 0 Å². The predicted molar refractivity (Wildman–Crippen MR) is 98.9 cm³/mol. The fraction of sp³-hybridized carbons (Fsp3) is 0.250. The zero-order valence-corrected chi connectivity index (χ0v) is 16.7. The Morgan fingerprint density at radius 1 is 0.600 bits per heavy atom. The van der Waals surface area contributed by atoms with Gasteiger partial charge in [-0.2, -0.15) is 0 Å². The maximum absolute atomic E-state index is 3.55. The second-order valence-electron chi connectivity index (χ2n) is 4.90. The Bertz CT molecular complexity index is 547. The van der Waals surface area contributed by atoms with Crippen molar-refractivity contribution >= 4 is 53.4 Å². The minimum atomic E-state index is 1.15. The van der Waals surface area contributed by atoms with Crippen LogP contribution in [0.15, 0.2) is 43.0 Å². The first kappa shape index (κ1) is 16.5. The quantitative estimate of drug-likeness (QED) is 0.469. The Morgan fingerprint density at radius 2 is 0.850 bits per heavy atom. The molecule has 0 heterocycles. The van der Waals surface area contributed by atoms with E-state index in [1.807, 2.05) is 21.6 Å². The van der Waals surface area contributed by atoms with Gasteiger partial charge in [0.15, 0.2) is 0 Å². The largest absolute Gasteiger partial charge is 0.0520 e. The van der Waals surface area contributed by atoms with Crippen molar-refractivity contribution in [1.29, 1.82) is 0 Å². The smallest absolute Gasteiger partial charge is 0.0245 e. The summed E-state index contributed by atoms with van der Waals surface area (Å²) in [5.74, 6) is 0. The van der Waals surface area contributed by atoms with Crippen LogP contribution in [0, 0.1) is 27.7 Å². The van der Waals surface area contributed by atoms with Gasteiger partial charge >= 0.3 is 0 Å². The lowest BCUT2D eigenvalue weighted by Gasteiger charge is -2.13. The van der Waals surface area contributed by atoms with Gasteiger partial charge in [-0.25, -0.2) is 0 Å². The van der Waals surface area contributed by atoms with Crippen LogP contribution in [0.3, 0.4) is 0 Å². The Hall–Kier alpha value is 0.1000. The lowest BCUT2D eigenvalue weighted by molar-refractivity contribution is 1.21. The van der Waals surface area contributed by atoms with Crippen molar-refractivity contribution in [1.82, 2.24) is 0 Å². The topological polar surface area (TPSA) is 0 Å². The average Bonchev–Trinajstić information content (AvgIpc) is 2.30. The van der Waals surface area contributed by atoms with Gasteiger partial charge in [-0.05, 0) is 74.2 Å². The molecule has 2 aromatic carbocycles. The summed E-state index contributed by atoms with van der Waals surface area (Å²) in [6, 6.07) is 8.71. The van der Waals surface area contributed by atoms with E-state index in [0.717, 1.165) is 8.95 Å². The van der Waals surface area contributed by atoms with E-state index in [2.05, 4.69) is 83.8 Å². The van der Waals surface area contributed by atoms with E-state index in [1.165, 1.54) is 32.0 Å². The number of halogens is 2. The van der Waals surface area contributed by atoms with Crippen molar-refractivity contribution in [2.75, 3.05) is 0 Å². The molecule has 0 saturated heterocycles. The monoisotopic (exact) mass is 430 g/mol. The summed E-state index contributed by atoms with van der Waals surface area (Å²) in [7, 11) is 3.70. The number of hydrogen-bond donors (Lipinski definition) is 0. The highest BCUT2D eigenvalue weighted by Crippen LogP contribution is 2.44. The lowest BCUT2D eigenvalue weighted by atomic mass is 10.2. The van der Waals surface area contributed by atoms with Gasteiger partial charge in [0.1, 0.15) is 0 Å². The van der Waals surface area contributed by atoms with Crippen molar-refractivity contribution in [3.8, 4) is 0 Å². The second-order valence-corrected chi connectivity index (χ2v) is 8.89. The third-order valence-corrected chi connectivity index (χ3v) is 6.93. The summed E-state index contributed by atoms with van der Waals surface area (Å²) < 4.78 is 2.30. The van der Waals surface area contributed by atoms with Gasteiger partial charge in [0, 0.05) is 18.7 Å². The molecule has 0 aliphatic rings. The summed E-state index contributed by atoms with van der Waals surface area (Å²) in [4.78, 5) is 2.72. The highest BCUT2D eigenvalue weighted by molar-refractivity contribution is 9.10. The molecule has 20 heavy (non-hydrogen) atoms. The number of hydrogen-bond acceptors (Lipinski definition) is 2. The minimum Gasteiger partial charge on any atom is -0.0520 e. The SMILES string of the molecule is Cc1cc(Br)cc(C)c1SSc1c(C)cc(Br)cc1C. The Labute approximate surface area is 145 Å². The average molecular weight is 432 g/mol. The van der Waals surface area contributed by atoms with Gasteiger partial charge in [-0.15, -0.1) is 0 Å². The van der Waals surface area contributed by atoms with E-state index in [-0.39, 0.29) is 0 Å². The molecule has 2 rings (SSSR count). The zero-order valence-electron chi connectivity index (χ0n) is 11.9. The molecule has 0 spiro atoms. The standard InChI is InChI=1S/C16H16Br2S2/c1-9-5-13(17)6-10(2)15(9)19-20-16-11(3)7-14(18)8-12(16)4/h5-8H,1-4H3. The Morgan fingerprint density at radius 3 is 1.10 bits per heavy atom. The minimum absolute atomic E-state index is 1.15. The molecule has 0 aliphatic heterocycles. The van der Waals surface area contributed by atoms with Gasteiger partial charge < -0.3 is 0 Å². The van der Waals surface area contributed by atoms with Gasteiger partial charge in [-0.3, -0.25) is 0 Å². The summed E-state index contributed by atoms with van der Waals surface area (Å²) in [6.07, 6.45) is 0. The molecule has 106 valence electrons. The Kier molecular flexibility index (Phi) is 5.69. The fourth-order valence-electron chi connectivity index (χ4n) is 2.14. The predicted octanol–water partition coefficient (Wildman–Crippen LogP) is 7.24. The lowest BCUT2D eigenvalue weighted by Crippen LogP contribution is -1.87. The number of rotatable bonds is 3. The van der Waals surface area contributed by atoms with Crippen LogP contribution in [0.1, 0.15) is 22.3 Å². The highest BCUT2D eigenvalue weighted by atomic mass is 79.9. The van der Waals surface area contributed by atoms with E-state index in [9.17, 15) is 0 Å². The third-order valence-electron chi connectivity index (χ3n) is 3.06. The molecule has 0 bridgehead atoms. The molecule has 0 aliphatic carbocycles. The second kappa shape index (κ2) is 6.91. The summed E-state index contributed by atoms with van der Waals surface area (Å²) in [5, 5.41) is 0. The molecule has 0 saturated carbocycles. The molecule has 0 amide bonds. The van der Waals surface area contributed by atoms with Crippen molar-refractivity contribution in [2.45, 2.75) is 37.5 Å². The van der Waals surface area contributed by atoms with Crippen LogP contribution in [0.5, 0.6) is 0 Å². The molecular weight excluding hydrogens is 416 g/mol. The normalized spacial score (nSPS) is 10.9. The molecule has 0 fully saturated rings. The fourth-order valence-corrected chi connectivity index (χ4v) is 6.52. The van der Waals surface area contributed by atoms with E-state index >= 15 is 0 Å². The first-order chi connectivity index (χ1) is 9.38. The van der Waals surface area contributed by atoms with E-state index in [0.29, 0.717) is 0 Å². The maximum atomic E-state index is 3.55. The molecule has 0 unspecified atom stereocenters. The summed E-state index contributed by atoms with van der Waals surface area (Å²) >= 11 is 7.11. The van der Waals surface area contributed by atoms with Gasteiger partial charge in [0.2, 0.25) is 0 Å². The van der Waals surface area contributed by atoms with Crippen molar-refractivity contribution in [3.05, 3.63) is 55.5 Å². The van der Waals surface area contributed by atoms with Crippen LogP contribution >= 0.6 is 53.4 Å². The van der Waals surface area contributed by atoms with E-state index in [1.54, 1.807) is 0 Å². The van der Waals surface area contributed by atoms with Crippen LogP contribution in [0.25, 0.3) is 0 Å². The first-order valence-corrected chi connectivity index (χ1v) is 10.00. The number of aryl methyl sites for hydroxylation is 4. The van der Waals surface area contributed by atoms with Crippen LogP contribution in [-0.4, -0.2) is 0 Å². The molecule has 2 aromatic rings. The van der Waals surface area contributed by atoms with Gasteiger partial charge in [0.05, 0.1) is 0 Å². The van der Waals surface area contributed by atoms with E-state index in [4.69, 9.17) is 0 Å². The highest BCUT2D eigenvalue weighted by Gasteiger charge is 2.10. The molecule has 0 nitrogen and oxygen atoms in total. The molecule has 0 atom stereocenters. The summed E-state index contributed by atoms with van der Waals surface area (Å²) in [6.45, 7) is 8.67. The number of benzene rings is 2. The first-order valence-electron chi connectivity index (χ1n) is 6.26. The van der Waals surface area contributed by atoms with Crippen LogP contribution in [0.2, 0.25) is 0 Å². The van der Waals surface area contributed by atoms with Gasteiger partial charge in [-0.1, -0.05) is 53.4 Å². The molecule has 0 aromatic heterocycles. The van der Waals surface area contributed by atoms with Crippen LogP contribution in [-0.2, 0) is 0 Å². The maximum Gasteiger partial charge on any atom is 0.0245 e. The van der Waals surface area contributed by atoms with Crippen LogP contribution in [0.4, 0.5) is 0 Å². The molecule has 0 N–H and O–H groups in total. The Balaban J connectivity index is 2.26. The van der Waals surface area contributed by atoms with Crippen molar-refractivity contribution in [2.24, 2.45) is 0 Å². The molecule has 4 heteroatoms. The van der Waals surface area contributed by atoms with Crippen molar-refractivity contribution in [3.63, 3.8) is 0 Å². The summed E-state index contributed by atoms with van der Waals surface area (Å²) in [5.41, 5.74) is 5.28. The van der Waals surface area contributed by atoms with Gasteiger partial charge in [0.25, 0.3) is 0 Å². The molecule has 0 radical (unpaired) electrons. The van der Waals surface area contributed by atoms with Crippen molar-refractivity contribution < 1.29 is 0 Å². The third kappa shape index (κ3) is 3.85. The zero-order chi connectivity index (χ0) is 14.9.